The van der Waals surface area contributed by atoms with E-state index in [1.807, 2.05) is 0 Å². The second kappa shape index (κ2) is 17.5. The molecule has 0 heterocycles. The highest BCUT2D eigenvalue weighted by molar-refractivity contribution is 7.80. The predicted molar refractivity (Wildman–Crippen MR) is 107 cm³/mol. The molecule has 0 aromatic heterocycles. The Bertz CT molecular complexity index is 301. The van der Waals surface area contributed by atoms with E-state index in [1.54, 1.807) is 0 Å². The average Bonchev–Trinajstić information content (AvgIpc) is 2.50. The fourth-order valence-corrected chi connectivity index (χ4v) is 2.88. The largest absolute Gasteiger partial charge is 0.370 e. The van der Waals surface area contributed by atoms with Crippen molar-refractivity contribution in [1.29, 1.82) is 0 Å². The minimum absolute atomic E-state index is 0.0171. The summed E-state index contributed by atoms with van der Waals surface area (Å²) < 4.78 is 0. The zero-order valence-corrected chi connectivity index (χ0v) is 15.9. The van der Waals surface area contributed by atoms with Gasteiger partial charge in [-0.1, -0.05) is 90.4 Å². The van der Waals surface area contributed by atoms with Crippen LogP contribution in [0.15, 0.2) is 4.99 Å². The zero-order valence-electron chi connectivity index (χ0n) is 15.1. The number of rotatable bonds is 15. The Kier molecular flexibility index (Phi) is 16.9. The van der Waals surface area contributed by atoms with E-state index in [2.05, 4.69) is 17.2 Å². The molecule has 0 fully saturated rings. The van der Waals surface area contributed by atoms with E-state index in [0.29, 0.717) is 5.11 Å². The van der Waals surface area contributed by atoms with Gasteiger partial charge in [-0.25, -0.2) is 0 Å². The van der Waals surface area contributed by atoms with Crippen LogP contribution in [0.4, 0.5) is 0 Å². The highest BCUT2D eigenvalue weighted by Gasteiger charge is 1.95. The Morgan fingerprint density at radius 2 is 1.13 bits per heavy atom. The van der Waals surface area contributed by atoms with Crippen molar-refractivity contribution in [2.24, 2.45) is 16.5 Å². The SMILES string of the molecule is CCCCCCCCCCCCCCCCNC(=S)N=C(N)N. The van der Waals surface area contributed by atoms with Gasteiger partial charge in [-0.2, -0.15) is 4.99 Å². The third kappa shape index (κ3) is 19.1. The number of aliphatic imine (C=N–C) groups is 1. The third-order valence-corrected chi connectivity index (χ3v) is 4.27. The van der Waals surface area contributed by atoms with E-state index in [0.717, 1.165) is 13.0 Å². The van der Waals surface area contributed by atoms with Crippen LogP contribution < -0.4 is 16.8 Å². The highest BCUT2D eigenvalue weighted by Crippen LogP contribution is 2.12. The van der Waals surface area contributed by atoms with Crippen molar-refractivity contribution in [3.05, 3.63) is 0 Å². The van der Waals surface area contributed by atoms with Crippen LogP contribution in [0, 0.1) is 0 Å². The monoisotopic (exact) mass is 342 g/mol. The molecule has 4 nitrogen and oxygen atoms in total. The topological polar surface area (TPSA) is 76.4 Å². The molecule has 0 unspecified atom stereocenters. The van der Waals surface area contributed by atoms with Crippen molar-refractivity contribution in [3.63, 3.8) is 0 Å². The van der Waals surface area contributed by atoms with Gasteiger partial charge in [0, 0.05) is 6.54 Å². The number of nitrogens with two attached hydrogens (primary N) is 2. The quantitative estimate of drug-likeness (QED) is 0.176. The van der Waals surface area contributed by atoms with Crippen LogP contribution in [-0.2, 0) is 0 Å². The maximum atomic E-state index is 5.25. The Labute approximate surface area is 148 Å². The van der Waals surface area contributed by atoms with Crippen molar-refractivity contribution in [2.45, 2.75) is 96.8 Å². The highest BCUT2D eigenvalue weighted by atomic mass is 32.1. The van der Waals surface area contributed by atoms with Gasteiger partial charge in [0.2, 0.25) is 0 Å². The molecule has 0 bridgehead atoms. The molecule has 0 saturated carbocycles. The van der Waals surface area contributed by atoms with Crippen LogP contribution in [0.5, 0.6) is 0 Å². The van der Waals surface area contributed by atoms with Crippen LogP contribution in [0.3, 0.4) is 0 Å². The Hall–Kier alpha value is -0.840. The standard InChI is InChI=1S/C18H38N4S/c1-2-3-4-5-6-7-8-9-10-11-12-13-14-15-16-21-18(23)22-17(19)20/h2-16H2,1H3,(H5,19,20,21,22,23). The van der Waals surface area contributed by atoms with Gasteiger partial charge >= 0.3 is 0 Å². The van der Waals surface area contributed by atoms with E-state index < -0.39 is 0 Å². The van der Waals surface area contributed by atoms with E-state index >= 15 is 0 Å². The minimum atomic E-state index is 0.0171. The van der Waals surface area contributed by atoms with E-state index in [9.17, 15) is 0 Å². The predicted octanol–water partition coefficient (Wildman–Crippen LogP) is 4.62. The lowest BCUT2D eigenvalue weighted by Gasteiger charge is -2.05. The number of guanidine groups is 1. The van der Waals surface area contributed by atoms with Gasteiger partial charge in [-0.05, 0) is 18.6 Å². The smallest absolute Gasteiger partial charge is 0.196 e. The fraction of sp³-hybridized carbons (Fsp3) is 0.889. The molecule has 0 rings (SSSR count). The summed E-state index contributed by atoms with van der Waals surface area (Å²) in [5.41, 5.74) is 10.5. The molecule has 0 aromatic carbocycles. The molecule has 0 radical (unpaired) electrons. The molecule has 0 aliphatic rings. The van der Waals surface area contributed by atoms with Gasteiger partial charge in [0.1, 0.15) is 0 Å². The first-order valence-corrected chi connectivity index (χ1v) is 9.95. The molecule has 136 valence electrons. The van der Waals surface area contributed by atoms with Gasteiger partial charge in [0.05, 0.1) is 0 Å². The molecule has 0 aliphatic carbocycles. The summed E-state index contributed by atoms with van der Waals surface area (Å²) in [4.78, 5) is 3.77. The summed E-state index contributed by atoms with van der Waals surface area (Å²) in [6.45, 7) is 3.13. The molecule has 0 aromatic rings. The molecule has 0 spiro atoms. The van der Waals surface area contributed by atoms with Crippen LogP contribution in [0.1, 0.15) is 96.8 Å². The van der Waals surface area contributed by atoms with Gasteiger partial charge in [-0.3, -0.25) is 0 Å². The minimum Gasteiger partial charge on any atom is -0.370 e. The van der Waals surface area contributed by atoms with E-state index in [1.165, 1.54) is 83.5 Å². The number of nitrogens with zero attached hydrogens (tertiary/aromatic N) is 1. The fourth-order valence-electron chi connectivity index (χ4n) is 2.67. The summed E-state index contributed by atoms with van der Waals surface area (Å²) in [6, 6.07) is 0. The molecule has 0 atom stereocenters. The number of thiocarbonyl (C=S) groups is 1. The van der Waals surface area contributed by atoms with E-state index in [4.69, 9.17) is 23.7 Å². The molecule has 0 saturated heterocycles. The van der Waals surface area contributed by atoms with Gasteiger partial charge < -0.3 is 16.8 Å². The van der Waals surface area contributed by atoms with Gasteiger partial charge in [0.15, 0.2) is 11.1 Å². The average molecular weight is 343 g/mol. The van der Waals surface area contributed by atoms with Crippen molar-refractivity contribution in [2.75, 3.05) is 6.54 Å². The van der Waals surface area contributed by atoms with Crippen LogP contribution in [-0.4, -0.2) is 17.6 Å². The first kappa shape index (κ1) is 22.2. The molecule has 23 heavy (non-hydrogen) atoms. The normalized spacial score (nSPS) is 10.5. The van der Waals surface area contributed by atoms with Crippen molar-refractivity contribution >= 4 is 23.3 Å². The number of hydrogen-bond donors (Lipinski definition) is 3. The van der Waals surface area contributed by atoms with Gasteiger partial charge in [0.25, 0.3) is 0 Å². The number of unbranched alkanes of at least 4 members (excludes halogenated alkanes) is 13. The number of hydrogen-bond acceptors (Lipinski definition) is 1. The molecule has 5 N–H and O–H groups in total. The summed E-state index contributed by atoms with van der Waals surface area (Å²) >= 11 is 4.97. The van der Waals surface area contributed by atoms with Crippen molar-refractivity contribution in [3.8, 4) is 0 Å². The molecule has 0 amide bonds. The summed E-state index contributed by atoms with van der Waals surface area (Å²) in [5.74, 6) is 0.0171. The van der Waals surface area contributed by atoms with Crippen LogP contribution in [0.25, 0.3) is 0 Å². The summed E-state index contributed by atoms with van der Waals surface area (Å²) in [6.07, 6.45) is 19.2. The van der Waals surface area contributed by atoms with Crippen LogP contribution in [0.2, 0.25) is 0 Å². The van der Waals surface area contributed by atoms with Crippen molar-refractivity contribution < 1.29 is 0 Å². The van der Waals surface area contributed by atoms with E-state index in [-0.39, 0.29) is 5.96 Å². The molecule has 5 heteroatoms. The number of nitrogens with one attached hydrogen (secondary N) is 1. The lowest BCUT2D eigenvalue weighted by atomic mass is 10.0. The lowest BCUT2D eigenvalue weighted by molar-refractivity contribution is 0.535. The molecular weight excluding hydrogens is 304 g/mol. The Morgan fingerprint density at radius 1 is 0.739 bits per heavy atom. The summed E-state index contributed by atoms with van der Waals surface area (Å²) in [7, 11) is 0. The molecular formula is C18H38N4S. The maximum Gasteiger partial charge on any atom is 0.196 e. The second-order valence-corrected chi connectivity index (χ2v) is 6.75. The van der Waals surface area contributed by atoms with Crippen LogP contribution >= 0.6 is 12.2 Å². The first-order chi connectivity index (χ1) is 11.2. The Morgan fingerprint density at radius 3 is 1.52 bits per heavy atom. The molecule has 0 aliphatic heterocycles. The first-order valence-electron chi connectivity index (χ1n) is 9.54. The Balaban J connectivity index is 3.11. The lowest BCUT2D eigenvalue weighted by Crippen LogP contribution is -2.28. The third-order valence-electron chi connectivity index (χ3n) is 4.04. The second-order valence-electron chi connectivity index (χ2n) is 6.36. The summed E-state index contributed by atoms with van der Waals surface area (Å²) in [5, 5.41) is 3.43. The maximum absolute atomic E-state index is 5.25. The van der Waals surface area contributed by atoms with Gasteiger partial charge in [-0.15, -0.1) is 0 Å². The zero-order chi connectivity index (χ0) is 17.2. The van der Waals surface area contributed by atoms with Crippen molar-refractivity contribution in [1.82, 2.24) is 5.32 Å².